The zero-order valence-corrected chi connectivity index (χ0v) is 40.9. The molecule has 1 atom stereocenters. The lowest BCUT2D eigenvalue weighted by molar-refractivity contribution is -0.188. The number of fused-ring (bicyclic) bond motifs is 2. The molecular formula is C52H56ClF3N12O4. The third-order valence-corrected chi connectivity index (χ3v) is 15.1. The van der Waals surface area contributed by atoms with E-state index in [2.05, 4.69) is 35.9 Å². The van der Waals surface area contributed by atoms with Crippen molar-refractivity contribution in [2.75, 3.05) is 80.1 Å². The fourth-order valence-corrected chi connectivity index (χ4v) is 11.2. The number of piperidine rings is 1. The maximum Gasteiger partial charge on any atom is 0.471 e. The Labute approximate surface area is 420 Å². The van der Waals surface area contributed by atoms with E-state index in [0.29, 0.717) is 59.2 Å². The fraction of sp³-hybridized carbons (Fsp3) is 0.423. The van der Waals surface area contributed by atoms with Crippen LogP contribution in [0.3, 0.4) is 0 Å². The van der Waals surface area contributed by atoms with Crippen LogP contribution in [0.5, 0.6) is 17.5 Å². The average molecular weight is 1010 g/mol. The quantitative estimate of drug-likeness (QED) is 0.122. The zero-order valence-electron chi connectivity index (χ0n) is 40.1. The molecule has 4 aliphatic rings. The Balaban J connectivity index is 0.812. The summed E-state index contributed by atoms with van der Waals surface area (Å²) in [6.45, 7) is 10.8. The second-order valence-corrected chi connectivity index (χ2v) is 19.9. The highest BCUT2D eigenvalue weighted by Crippen LogP contribution is 2.41. The summed E-state index contributed by atoms with van der Waals surface area (Å²) in [5, 5.41) is 52.2. The predicted octanol–water partition coefficient (Wildman–Crippen LogP) is 7.61. The van der Waals surface area contributed by atoms with Gasteiger partial charge in [-0.2, -0.15) is 23.4 Å². The van der Waals surface area contributed by atoms with Gasteiger partial charge >= 0.3 is 18.1 Å². The van der Waals surface area contributed by atoms with Crippen molar-refractivity contribution >= 4 is 45.7 Å². The predicted molar refractivity (Wildman–Crippen MR) is 268 cm³/mol. The van der Waals surface area contributed by atoms with Crippen LogP contribution in [-0.2, 0) is 24.3 Å². The summed E-state index contributed by atoms with van der Waals surface area (Å²) in [6, 6.07) is 23.8. The summed E-state index contributed by atoms with van der Waals surface area (Å²) in [5.74, 6) is -0.659. The number of amides is 1. The van der Waals surface area contributed by atoms with E-state index < -0.39 is 18.1 Å². The van der Waals surface area contributed by atoms with Gasteiger partial charge in [-0.1, -0.05) is 66.9 Å². The molecule has 3 saturated heterocycles. The zero-order chi connectivity index (χ0) is 50.4. The van der Waals surface area contributed by atoms with Crippen molar-refractivity contribution in [3.05, 3.63) is 100 Å². The highest BCUT2D eigenvalue weighted by atomic mass is 35.5. The number of carbonyl (C=O) groups is 1. The van der Waals surface area contributed by atoms with Crippen molar-refractivity contribution in [1.29, 1.82) is 5.26 Å². The maximum atomic E-state index is 13.7. The molecule has 4 aromatic carbocycles. The molecule has 0 unspecified atom stereocenters. The number of nitrogens with zero attached hydrogens (tertiary/aromatic N) is 12. The molecule has 0 saturated carbocycles. The van der Waals surface area contributed by atoms with Gasteiger partial charge in [0.05, 0.1) is 47.0 Å². The monoisotopic (exact) mass is 1000 g/mol. The average Bonchev–Trinajstić information content (AvgIpc) is 3.76. The van der Waals surface area contributed by atoms with Crippen LogP contribution in [0.15, 0.2) is 72.8 Å². The van der Waals surface area contributed by atoms with Crippen LogP contribution in [0.4, 0.5) is 30.6 Å². The molecular weight excluding hydrogens is 949 g/mol. The van der Waals surface area contributed by atoms with Crippen molar-refractivity contribution in [2.24, 2.45) is 0 Å². The molecule has 0 radical (unpaired) electrons. The molecule has 72 heavy (non-hydrogen) atoms. The first-order valence-corrected chi connectivity index (χ1v) is 24.9. The normalized spacial score (nSPS) is 18.5. The number of anilines is 3. The van der Waals surface area contributed by atoms with Crippen LogP contribution in [0.1, 0.15) is 61.4 Å². The number of aromatic hydroxyl groups is 3. The van der Waals surface area contributed by atoms with Gasteiger partial charge in [0.15, 0.2) is 5.82 Å². The largest absolute Gasteiger partial charge is 0.508 e. The number of aromatic nitrogens is 5. The second kappa shape index (κ2) is 20.0. The topological polar surface area (TPSA) is 177 Å². The molecule has 2 aromatic heterocycles. The molecule has 4 aliphatic heterocycles. The summed E-state index contributed by atoms with van der Waals surface area (Å²) in [4.78, 5) is 35.1. The first kappa shape index (κ1) is 48.7. The first-order valence-electron chi connectivity index (χ1n) is 24.5. The highest BCUT2D eigenvalue weighted by Gasteiger charge is 2.46. The van der Waals surface area contributed by atoms with Gasteiger partial charge in [0.25, 0.3) is 0 Å². The van der Waals surface area contributed by atoms with Crippen molar-refractivity contribution in [1.82, 2.24) is 39.4 Å². The van der Waals surface area contributed by atoms with Crippen molar-refractivity contribution in [3.8, 4) is 40.7 Å². The van der Waals surface area contributed by atoms with Crippen molar-refractivity contribution in [2.45, 2.75) is 76.8 Å². The van der Waals surface area contributed by atoms with Gasteiger partial charge in [0.1, 0.15) is 17.3 Å². The number of phenols is 2. The number of benzene rings is 4. The number of halogens is 4. The van der Waals surface area contributed by atoms with E-state index in [0.717, 1.165) is 96.8 Å². The van der Waals surface area contributed by atoms with Gasteiger partial charge < -0.3 is 34.9 Å². The third kappa shape index (κ3) is 9.62. The van der Waals surface area contributed by atoms with E-state index in [9.17, 15) is 38.5 Å². The highest BCUT2D eigenvalue weighted by molar-refractivity contribution is 6.36. The van der Waals surface area contributed by atoms with Crippen LogP contribution >= 0.6 is 11.6 Å². The Hall–Kier alpha value is -6.88. The molecule has 10 rings (SSSR count). The molecule has 6 aromatic rings. The fourth-order valence-electron chi connectivity index (χ4n) is 11.0. The summed E-state index contributed by atoms with van der Waals surface area (Å²) < 4.78 is 42.5. The first-order chi connectivity index (χ1) is 34.6. The molecule has 3 fully saturated rings. The standard InChI is InChI=1S/C52H56ClF3N12O4/c1-32(2)39-27-40(45(70)28-44(39)69)48-60-61-51(72)68(48)36-11-9-33(10-12-36)29-62-21-23-63(24-22-62)35-14-18-64(19-15-35)50-58-42-31-65(43-8-4-6-34-5-3-7-41(53)46(34)43)20-16-38(42)47(59-50)66-25-26-67(37(30-66)13-17-57)49(71)52(54,55)56/h3-12,27-28,32,35,37,69-70H,13-16,18-26,29-31H2,1-2H3,(H,61,72)/t37-/m0/s1. The molecule has 1 amide bonds. The van der Waals surface area contributed by atoms with Gasteiger partial charge in [0.2, 0.25) is 5.95 Å². The maximum absolute atomic E-state index is 13.7. The van der Waals surface area contributed by atoms with Crippen LogP contribution in [0, 0.1) is 11.3 Å². The Morgan fingerprint density at radius 2 is 1.58 bits per heavy atom. The van der Waals surface area contributed by atoms with E-state index in [-0.39, 0.29) is 55.3 Å². The van der Waals surface area contributed by atoms with Gasteiger partial charge in [-0.25, -0.2) is 9.55 Å². The van der Waals surface area contributed by atoms with Gasteiger partial charge in [0, 0.05) is 101 Å². The molecule has 0 bridgehead atoms. The molecule has 20 heteroatoms. The minimum Gasteiger partial charge on any atom is -0.508 e. The summed E-state index contributed by atoms with van der Waals surface area (Å²) in [5.41, 5.74) is 5.47. The van der Waals surface area contributed by atoms with Crippen molar-refractivity contribution in [3.63, 3.8) is 0 Å². The molecule has 376 valence electrons. The lowest BCUT2D eigenvalue weighted by Gasteiger charge is -2.44. The second-order valence-electron chi connectivity index (χ2n) is 19.5. The van der Waals surface area contributed by atoms with Crippen LogP contribution < -0.4 is 14.7 Å². The number of phenolic OH excluding ortho intramolecular Hbond substituents is 2. The van der Waals surface area contributed by atoms with Gasteiger partial charge in [-0.15, -0.1) is 5.10 Å². The number of nitriles is 1. The molecule has 0 spiro atoms. The van der Waals surface area contributed by atoms with Crippen molar-refractivity contribution < 1.29 is 33.3 Å². The van der Waals surface area contributed by atoms with Gasteiger partial charge in [-0.3, -0.25) is 14.6 Å². The summed E-state index contributed by atoms with van der Waals surface area (Å²) in [6.07, 6.45) is -2.89. The minimum absolute atomic E-state index is 0.0130. The number of hydrogen-bond donors (Lipinski definition) is 3. The van der Waals surface area contributed by atoms with E-state index in [1.165, 1.54) is 10.6 Å². The Kier molecular flexibility index (Phi) is 13.5. The Morgan fingerprint density at radius 1 is 0.847 bits per heavy atom. The summed E-state index contributed by atoms with van der Waals surface area (Å²) in [7, 11) is 0. The SMILES string of the molecule is CC(C)c1cc(-c2nnc(O)n2-c2ccc(CN3CCN(C4CCN(c5nc6c(c(N7CCN(C(=O)C(F)(F)F)[C@@H](CC#N)C7)n5)CCN(c5cccc7cccc(Cl)c57)C6)CC4)CC3)cc2)c(O)cc1O. The Bertz CT molecular complexity index is 3020. The van der Waals surface area contributed by atoms with Crippen LogP contribution in [0.2, 0.25) is 5.02 Å². The smallest absolute Gasteiger partial charge is 0.471 e. The van der Waals surface area contributed by atoms with Crippen LogP contribution in [-0.4, -0.2) is 144 Å². The summed E-state index contributed by atoms with van der Waals surface area (Å²) >= 11 is 6.79. The van der Waals surface area contributed by atoms with E-state index in [1.807, 2.05) is 79.4 Å². The number of piperazine rings is 2. The van der Waals surface area contributed by atoms with E-state index in [1.54, 1.807) is 6.07 Å². The number of carbonyl (C=O) groups excluding carboxylic acids is 1. The molecule has 0 aliphatic carbocycles. The third-order valence-electron chi connectivity index (χ3n) is 14.7. The lowest BCUT2D eigenvalue weighted by Crippen LogP contribution is -2.58. The Morgan fingerprint density at radius 3 is 2.29 bits per heavy atom. The minimum atomic E-state index is -5.04. The van der Waals surface area contributed by atoms with E-state index >= 15 is 0 Å². The molecule has 16 nitrogen and oxygen atoms in total. The number of alkyl halides is 3. The molecule has 6 heterocycles. The van der Waals surface area contributed by atoms with Gasteiger partial charge in [-0.05, 0) is 72.0 Å². The number of hydrogen-bond acceptors (Lipinski definition) is 14. The lowest BCUT2D eigenvalue weighted by atomic mass is 9.98. The molecule has 3 N–H and O–H groups in total. The number of rotatable bonds is 10. The van der Waals surface area contributed by atoms with Crippen LogP contribution in [0.25, 0.3) is 27.8 Å². The van der Waals surface area contributed by atoms with E-state index in [4.69, 9.17) is 21.6 Å².